The van der Waals surface area contributed by atoms with Gasteiger partial charge in [0.15, 0.2) is 28.8 Å². The topological polar surface area (TPSA) is 216 Å². The van der Waals surface area contributed by atoms with E-state index in [-0.39, 0.29) is 62.6 Å². The smallest absolute Gasteiger partial charge is 0.453 e. The molecule has 412 valence electrons. The number of hydrogen-bond acceptors (Lipinski definition) is 14. The number of nitrogens with two attached hydrogens (primary N) is 2. The highest BCUT2D eigenvalue weighted by Gasteiger charge is 2.57. The number of methoxy groups -OCH3 is 2. The van der Waals surface area contributed by atoms with Crippen molar-refractivity contribution in [2.45, 2.75) is 68.0 Å². The first kappa shape index (κ1) is 59.8. The number of rotatable bonds is 25. The summed E-state index contributed by atoms with van der Waals surface area (Å²) in [5.74, 6) is -18.4. The summed E-state index contributed by atoms with van der Waals surface area (Å²) >= 11 is 0. The van der Waals surface area contributed by atoms with Crippen LogP contribution in [0.3, 0.4) is 0 Å². The Labute approximate surface area is 432 Å². The molecule has 0 bridgehead atoms. The predicted molar refractivity (Wildman–Crippen MR) is 258 cm³/mol. The van der Waals surface area contributed by atoms with Gasteiger partial charge in [-0.2, -0.15) is 43.9 Å². The number of allylic oxidation sites excluding steroid dienone is 1. The maximum atomic E-state index is 13.5. The summed E-state index contributed by atoms with van der Waals surface area (Å²) in [5.41, 5.74) is 12.8. The van der Waals surface area contributed by atoms with Crippen molar-refractivity contribution >= 4 is 47.0 Å². The van der Waals surface area contributed by atoms with Crippen molar-refractivity contribution in [2.24, 2.45) is 0 Å². The Morgan fingerprint density at radius 3 is 1.39 bits per heavy atom. The number of benzene rings is 5. The van der Waals surface area contributed by atoms with Crippen molar-refractivity contribution in [3.63, 3.8) is 0 Å². The van der Waals surface area contributed by atoms with Crippen molar-refractivity contribution < 1.29 is 102 Å². The zero-order valence-corrected chi connectivity index (χ0v) is 40.6. The molecular formula is C53H48F10N2O12. The van der Waals surface area contributed by atoms with E-state index in [4.69, 9.17) is 39.9 Å². The van der Waals surface area contributed by atoms with Crippen LogP contribution in [0.4, 0.5) is 55.3 Å². The lowest BCUT2D eigenvalue weighted by atomic mass is 9.82. The molecule has 0 spiro atoms. The van der Waals surface area contributed by atoms with Crippen molar-refractivity contribution in [1.82, 2.24) is 0 Å². The van der Waals surface area contributed by atoms with Gasteiger partial charge in [-0.1, -0.05) is 42.5 Å². The zero-order valence-electron chi connectivity index (χ0n) is 40.6. The molecule has 0 radical (unpaired) electrons. The molecule has 0 aliphatic rings. The predicted octanol–water partition coefficient (Wildman–Crippen LogP) is 10.7. The first-order chi connectivity index (χ1) is 36.0. The Balaban J connectivity index is 1.18. The molecule has 5 rings (SSSR count). The molecule has 77 heavy (non-hydrogen) atoms. The van der Waals surface area contributed by atoms with Crippen LogP contribution in [0.15, 0.2) is 115 Å². The summed E-state index contributed by atoms with van der Waals surface area (Å²) < 4.78 is 159. The van der Waals surface area contributed by atoms with Gasteiger partial charge in [-0.15, -0.1) is 0 Å². The summed E-state index contributed by atoms with van der Waals surface area (Å²) in [6.45, 7) is -1.02. The molecule has 0 aliphatic heterocycles. The Hall–Kier alpha value is -8.12. The van der Waals surface area contributed by atoms with E-state index in [0.717, 1.165) is 12.2 Å². The van der Waals surface area contributed by atoms with E-state index in [9.17, 15) is 73.3 Å². The Morgan fingerprint density at radius 2 is 0.987 bits per heavy atom. The van der Waals surface area contributed by atoms with E-state index in [1.165, 1.54) is 129 Å². The third kappa shape index (κ3) is 16.2. The van der Waals surface area contributed by atoms with Gasteiger partial charge in [0.1, 0.15) is 11.5 Å². The van der Waals surface area contributed by atoms with Gasteiger partial charge < -0.3 is 50.1 Å². The van der Waals surface area contributed by atoms with Gasteiger partial charge in [0.2, 0.25) is 11.6 Å². The molecule has 0 amide bonds. The molecule has 0 saturated heterocycles. The standard InChI is InChI=1S/C53H48F10N2O12/c1-72-44-27-33(11-20-42(44)74-25-3-23-49(54,55)52(58,59)60)47(68)76-37-15-6-31(7-16-37)5-14-36(66)30-40(39-19-13-35(64)29-41(39)65)51(70,71)46(67)22-10-32-8-17-38(18-9-32)77-48(69)34-12-21-43(45(28-34)73-2)75-26-4-24-50(56,57)53(61,62)63/h5-22,27-29,40,70-71H,3-4,23-26,30,64-65H2,1-2H3. The van der Waals surface area contributed by atoms with Gasteiger partial charge in [-0.05, 0) is 114 Å². The number of carbonyl (C=O) groups is 4. The van der Waals surface area contributed by atoms with Crippen LogP contribution in [0, 0.1) is 0 Å². The number of nitrogen functional groups attached to an aromatic ring is 2. The third-order valence-corrected chi connectivity index (χ3v) is 11.2. The highest BCUT2D eigenvalue weighted by molar-refractivity contribution is 6.01. The average molecular weight is 1090 g/mol. The Morgan fingerprint density at radius 1 is 0.558 bits per heavy atom. The van der Waals surface area contributed by atoms with Crippen molar-refractivity contribution in [3.05, 3.63) is 143 Å². The second kappa shape index (κ2) is 25.1. The molecule has 24 heteroatoms. The summed E-state index contributed by atoms with van der Waals surface area (Å²) in [7, 11) is 2.42. The molecule has 14 nitrogen and oxygen atoms in total. The molecule has 6 N–H and O–H groups in total. The lowest BCUT2D eigenvalue weighted by Gasteiger charge is -2.30. The minimum atomic E-state index is -5.70. The number of halogens is 10. The molecule has 5 aromatic rings. The van der Waals surface area contributed by atoms with Crippen LogP contribution in [0.25, 0.3) is 12.2 Å². The average Bonchev–Trinajstić information content (AvgIpc) is 3.37. The highest BCUT2D eigenvalue weighted by atomic mass is 19.4. The van der Waals surface area contributed by atoms with E-state index in [0.29, 0.717) is 11.1 Å². The maximum absolute atomic E-state index is 13.5. The lowest BCUT2D eigenvalue weighted by Crippen LogP contribution is -2.44. The SMILES string of the molecule is COc1cc(C(=O)Oc2ccc(C=CC(=O)CC(c3ccc(N)cc3N)C(O)(O)C(=O)C=Cc3ccc(OC(=O)c4ccc(OCCCC(F)(F)C(F)(F)F)c(OC)c4)cc3)cc2)ccc1OCCCC(F)(F)C(F)(F)F. The summed E-state index contributed by atoms with van der Waals surface area (Å²) in [5, 5.41) is 22.8. The number of carbonyl (C=O) groups excluding carboxylic acids is 4. The third-order valence-electron chi connectivity index (χ3n) is 11.2. The molecule has 0 fully saturated rings. The van der Waals surface area contributed by atoms with Gasteiger partial charge in [-0.3, -0.25) is 9.59 Å². The van der Waals surface area contributed by atoms with E-state index in [2.05, 4.69) is 0 Å². The Kier molecular flexibility index (Phi) is 19.5. The number of ether oxygens (including phenoxy) is 6. The summed E-state index contributed by atoms with van der Waals surface area (Å²) in [4.78, 5) is 52.8. The quantitative estimate of drug-likeness (QED) is 0.00814. The van der Waals surface area contributed by atoms with E-state index >= 15 is 0 Å². The van der Waals surface area contributed by atoms with Gasteiger partial charge in [0, 0.05) is 30.6 Å². The first-order valence-electron chi connectivity index (χ1n) is 22.7. The van der Waals surface area contributed by atoms with Crippen molar-refractivity contribution in [1.29, 1.82) is 0 Å². The monoisotopic (exact) mass is 1090 g/mol. The molecular weight excluding hydrogens is 1050 g/mol. The maximum Gasteiger partial charge on any atom is 0.453 e. The molecule has 0 aromatic heterocycles. The van der Waals surface area contributed by atoms with Gasteiger partial charge in [0.25, 0.3) is 0 Å². The van der Waals surface area contributed by atoms with Gasteiger partial charge in [-0.25, -0.2) is 9.59 Å². The minimum Gasteiger partial charge on any atom is -0.493 e. The number of hydrogen-bond donors (Lipinski definition) is 4. The van der Waals surface area contributed by atoms with Gasteiger partial charge in [0.05, 0.1) is 44.5 Å². The van der Waals surface area contributed by atoms with Crippen LogP contribution in [0.1, 0.15) is 75.4 Å². The fourth-order valence-electron chi connectivity index (χ4n) is 6.99. The van der Waals surface area contributed by atoms with Crippen LogP contribution in [-0.2, 0) is 9.59 Å². The van der Waals surface area contributed by atoms with Crippen LogP contribution >= 0.6 is 0 Å². The number of anilines is 2. The number of ketones is 2. The minimum absolute atomic E-state index is 0.00372. The van der Waals surface area contributed by atoms with Crippen molar-refractivity contribution in [3.8, 4) is 34.5 Å². The highest BCUT2D eigenvalue weighted by Crippen LogP contribution is 2.41. The molecule has 0 heterocycles. The van der Waals surface area contributed by atoms with Gasteiger partial charge >= 0.3 is 36.1 Å². The van der Waals surface area contributed by atoms with Crippen LogP contribution in [0.5, 0.6) is 34.5 Å². The second-order valence-corrected chi connectivity index (χ2v) is 16.8. The molecule has 0 saturated carbocycles. The molecule has 0 aliphatic carbocycles. The van der Waals surface area contributed by atoms with Crippen LogP contribution in [0.2, 0.25) is 0 Å². The summed E-state index contributed by atoms with van der Waals surface area (Å²) in [6, 6.07) is 22.6. The normalized spacial score (nSPS) is 12.8. The first-order valence-corrected chi connectivity index (χ1v) is 22.7. The van der Waals surface area contributed by atoms with E-state index < -0.39 is 105 Å². The number of esters is 2. The van der Waals surface area contributed by atoms with E-state index in [1.807, 2.05) is 0 Å². The molecule has 5 aromatic carbocycles. The second-order valence-electron chi connectivity index (χ2n) is 16.8. The van der Waals surface area contributed by atoms with Crippen LogP contribution in [-0.4, -0.2) is 91.1 Å². The van der Waals surface area contributed by atoms with Crippen molar-refractivity contribution in [2.75, 3.05) is 38.9 Å². The number of alkyl halides is 10. The number of aliphatic hydroxyl groups is 2. The zero-order chi connectivity index (χ0) is 56.9. The Bertz CT molecular complexity index is 2940. The van der Waals surface area contributed by atoms with E-state index in [1.54, 1.807) is 0 Å². The fraction of sp³-hybridized carbons (Fsp3) is 0.283. The molecule has 1 atom stereocenters. The fourth-order valence-corrected chi connectivity index (χ4v) is 6.99. The summed E-state index contributed by atoms with van der Waals surface area (Å²) in [6.07, 6.45) is -11.8. The van der Waals surface area contributed by atoms with Crippen LogP contribution < -0.4 is 39.9 Å². The molecule has 1 unspecified atom stereocenters. The lowest BCUT2D eigenvalue weighted by molar-refractivity contribution is -0.284. The largest absolute Gasteiger partial charge is 0.493 e.